The van der Waals surface area contributed by atoms with Crippen LogP contribution in [0.5, 0.6) is 0 Å². The van der Waals surface area contributed by atoms with Crippen molar-refractivity contribution in [3.63, 3.8) is 0 Å². The summed E-state index contributed by atoms with van der Waals surface area (Å²) in [5.74, 6) is -1.14. The summed E-state index contributed by atoms with van der Waals surface area (Å²) in [4.78, 5) is 25.8. The number of H-pyrrole nitrogens is 1. The molecule has 0 atom stereocenters. The van der Waals surface area contributed by atoms with Crippen LogP contribution in [-0.4, -0.2) is 28.5 Å². The minimum absolute atomic E-state index is 0.0829. The molecule has 116 valence electrons. The van der Waals surface area contributed by atoms with E-state index < -0.39 is 5.97 Å². The lowest BCUT2D eigenvalue weighted by atomic mass is 9.71. The van der Waals surface area contributed by atoms with Crippen LogP contribution in [0.25, 0.3) is 0 Å². The molecule has 0 aliphatic heterocycles. The number of nitrogens with one attached hydrogen (secondary N) is 2. The van der Waals surface area contributed by atoms with Gasteiger partial charge in [0, 0.05) is 6.54 Å². The van der Waals surface area contributed by atoms with Crippen LogP contribution in [0.1, 0.15) is 49.0 Å². The highest BCUT2D eigenvalue weighted by molar-refractivity contribution is 6.41. The van der Waals surface area contributed by atoms with Crippen LogP contribution in [0.3, 0.4) is 0 Å². The van der Waals surface area contributed by atoms with Crippen molar-refractivity contribution < 1.29 is 14.7 Å². The molecule has 1 saturated carbocycles. The highest BCUT2D eigenvalue weighted by atomic mass is 35.5. The minimum Gasteiger partial charge on any atom is -0.481 e. The van der Waals surface area contributed by atoms with E-state index in [0.29, 0.717) is 11.6 Å². The molecule has 2 rings (SSSR count). The van der Waals surface area contributed by atoms with Crippen LogP contribution >= 0.6 is 23.2 Å². The van der Waals surface area contributed by atoms with E-state index in [-0.39, 0.29) is 28.6 Å². The van der Waals surface area contributed by atoms with E-state index in [2.05, 4.69) is 10.3 Å². The highest BCUT2D eigenvalue weighted by Gasteiger charge is 2.34. The predicted molar refractivity (Wildman–Crippen MR) is 80.9 cm³/mol. The molecule has 0 radical (unpaired) electrons. The molecular weight excluding hydrogens is 315 g/mol. The van der Waals surface area contributed by atoms with E-state index in [1.165, 1.54) is 6.07 Å². The van der Waals surface area contributed by atoms with Gasteiger partial charge >= 0.3 is 5.97 Å². The van der Waals surface area contributed by atoms with E-state index in [1.807, 2.05) is 0 Å². The van der Waals surface area contributed by atoms with Gasteiger partial charge in [0.25, 0.3) is 5.91 Å². The molecule has 1 fully saturated rings. The Morgan fingerprint density at radius 2 is 1.95 bits per heavy atom. The van der Waals surface area contributed by atoms with Crippen LogP contribution < -0.4 is 5.32 Å². The Hall–Kier alpha value is -1.20. The third-order valence-electron chi connectivity index (χ3n) is 4.03. The number of carbonyl (C=O) groups excluding carboxylic acids is 1. The molecule has 21 heavy (non-hydrogen) atoms. The molecule has 5 nitrogen and oxygen atoms in total. The molecule has 3 N–H and O–H groups in total. The van der Waals surface area contributed by atoms with Gasteiger partial charge in [-0.2, -0.15) is 0 Å². The van der Waals surface area contributed by atoms with Gasteiger partial charge < -0.3 is 15.4 Å². The van der Waals surface area contributed by atoms with Gasteiger partial charge in [0.05, 0.1) is 11.4 Å². The number of halogens is 2. The van der Waals surface area contributed by atoms with Crippen molar-refractivity contribution in [3.05, 3.63) is 21.9 Å². The fourth-order valence-corrected chi connectivity index (χ4v) is 3.24. The fourth-order valence-electron chi connectivity index (χ4n) is 2.93. The summed E-state index contributed by atoms with van der Waals surface area (Å²) >= 11 is 11.6. The van der Waals surface area contributed by atoms with Crippen molar-refractivity contribution in [2.45, 2.75) is 38.5 Å². The first-order valence-electron chi connectivity index (χ1n) is 6.96. The van der Waals surface area contributed by atoms with E-state index in [1.54, 1.807) is 0 Å². The fraction of sp³-hybridized carbons (Fsp3) is 0.571. The van der Waals surface area contributed by atoms with E-state index in [4.69, 9.17) is 28.3 Å². The summed E-state index contributed by atoms with van der Waals surface area (Å²) in [5.41, 5.74) is -0.0637. The van der Waals surface area contributed by atoms with Crippen LogP contribution in [0.2, 0.25) is 10.2 Å². The Balaban J connectivity index is 2.00. The normalized spacial score (nSPS) is 17.4. The van der Waals surface area contributed by atoms with E-state index >= 15 is 0 Å². The number of amides is 1. The Morgan fingerprint density at radius 1 is 1.29 bits per heavy atom. The molecule has 1 aromatic rings. The number of aliphatic carboxylic acids is 1. The Morgan fingerprint density at radius 3 is 2.48 bits per heavy atom. The highest BCUT2D eigenvalue weighted by Crippen LogP contribution is 2.38. The minimum atomic E-state index is -0.822. The molecule has 1 amide bonds. The van der Waals surface area contributed by atoms with Crippen LogP contribution in [0, 0.1) is 5.41 Å². The summed E-state index contributed by atoms with van der Waals surface area (Å²) < 4.78 is 0. The Bertz CT molecular complexity index is 517. The molecule has 0 saturated heterocycles. The van der Waals surface area contributed by atoms with Crippen molar-refractivity contribution in [2.75, 3.05) is 6.54 Å². The zero-order valence-corrected chi connectivity index (χ0v) is 13.1. The van der Waals surface area contributed by atoms with Gasteiger partial charge in [-0.15, -0.1) is 0 Å². The first-order valence-corrected chi connectivity index (χ1v) is 7.71. The molecule has 0 spiro atoms. The molecule has 0 aromatic carbocycles. The monoisotopic (exact) mass is 332 g/mol. The van der Waals surface area contributed by atoms with Gasteiger partial charge in [-0.05, 0) is 24.3 Å². The number of carbonyl (C=O) groups is 2. The number of rotatable bonds is 5. The second-order valence-corrected chi connectivity index (χ2v) is 6.44. The lowest BCUT2D eigenvalue weighted by Crippen LogP contribution is -2.40. The summed E-state index contributed by atoms with van der Waals surface area (Å²) in [6.45, 7) is 0.354. The number of hydrogen-bond donors (Lipinski definition) is 3. The Labute approximate surface area is 133 Å². The maximum absolute atomic E-state index is 12.1. The SMILES string of the molecule is O=C(O)CC1(CNC(=O)c2cc(Cl)c(Cl)[nH]2)CCCCC1. The standard InChI is InChI=1S/C14H18Cl2N2O3/c15-9-6-10(18-12(9)16)13(21)17-8-14(7-11(19)20)4-2-1-3-5-14/h6,18H,1-5,7-8H2,(H,17,21)(H,19,20). The second-order valence-electron chi connectivity index (χ2n) is 5.66. The predicted octanol–water partition coefficient (Wildman–Crippen LogP) is 3.48. The quantitative estimate of drug-likeness (QED) is 0.771. The van der Waals surface area contributed by atoms with Crippen molar-refractivity contribution in [1.29, 1.82) is 0 Å². The van der Waals surface area contributed by atoms with Gasteiger partial charge in [-0.25, -0.2) is 0 Å². The third kappa shape index (κ3) is 4.14. The average Bonchev–Trinajstić information content (AvgIpc) is 2.76. The molecule has 1 aliphatic carbocycles. The summed E-state index contributed by atoms with van der Waals surface area (Å²) in [6.07, 6.45) is 4.86. The van der Waals surface area contributed by atoms with Gasteiger partial charge in [-0.3, -0.25) is 9.59 Å². The van der Waals surface area contributed by atoms with Crippen molar-refractivity contribution in [1.82, 2.24) is 10.3 Å². The number of aromatic nitrogens is 1. The van der Waals surface area contributed by atoms with Crippen LogP contribution in [0.15, 0.2) is 6.07 Å². The molecule has 1 aromatic heterocycles. The summed E-state index contributed by atoms with van der Waals surface area (Å²) in [6, 6.07) is 1.46. The van der Waals surface area contributed by atoms with Gasteiger partial charge in [0.15, 0.2) is 0 Å². The van der Waals surface area contributed by atoms with Gasteiger partial charge in [0.2, 0.25) is 0 Å². The van der Waals surface area contributed by atoms with Crippen molar-refractivity contribution in [3.8, 4) is 0 Å². The van der Waals surface area contributed by atoms with Gasteiger partial charge in [0.1, 0.15) is 10.8 Å². The topological polar surface area (TPSA) is 82.2 Å². The lowest BCUT2D eigenvalue weighted by Gasteiger charge is -2.36. The first kappa shape index (κ1) is 16.2. The van der Waals surface area contributed by atoms with Crippen molar-refractivity contribution >= 4 is 35.1 Å². The molecule has 1 heterocycles. The molecule has 7 heteroatoms. The van der Waals surface area contributed by atoms with E-state index in [9.17, 15) is 9.59 Å². The zero-order valence-electron chi connectivity index (χ0n) is 11.5. The largest absolute Gasteiger partial charge is 0.481 e. The molecule has 0 bridgehead atoms. The number of hydrogen-bond acceptors (Lipinski definition) is 2. The second kappa shape index (κ2) is 6.71. The maximum atomic E-state index is 12.1. The van der Waals surface area contributed by atoms with Gasteiger partial charge in [-0.1, -0.05) is 42.5 Å². The third-order valence-corrected chi connectivity index (χ3v) is 4.73. The van der Waals surface area contributed by atoms with Crippen molar-refractivity contribution in [2.24, 2.45) is 5.41 Å². The molecule has 1 aliphatic rings. The summed E-state index contributed by atoms with van der Waals surface area (Å²) in [7, 11) is 0. The Kier molecular flexibility index (Phi) is 5.17. The average molecular weight is 333 g/mol. The van der Waals surface area contributed by atoms with Crippen LogP contribution in [-0.2, 0) is 4.79 Å². The number of carboxylic acids is 1. The molecular formula is C14H18Cl2N2O3. The van der Waals surface area contributed by atoms with Crippen LogP contribution in [0.4, 0.5) is 0 Å². The first-order chi connectivity index (χ1) is 9.92. The zero-order chi connectivity index (χ0) is 15.5. The molecule has 0 unspecified atom stereocenters. The lowest BCUT2D eigenvalue weighted by molar-refractivity contribution is -0.140. The summed E-state index contributed by atoms with van der Waals surface area (Å²) in [5, 5.41) is 12.4. The van der Waals surface area contributed by atoms with E-state index in [0.717, 1.165) is 32.1 Å². The number of aromatic amines is 1. The maximum Gasteiger partial charge on any atom is 0.303 e. The number of carboxylic acid groups (broad SMARTS) is 1. The smallest absolute Gasteiger partial charge is 0.303 e.